The summed E-state index contributed by atoms with van der Waals surface area (Å²) in [5.74, 6) is 0.577. The molecule has 2 aromatic rings. The van der Waals surface area contributed by atoms with Crippen LogP contribution in [0.15, 0.2) is 22.7 Å². The lowest BCUT2D eigenvalue weighted by atomic mass is 10.0. The molecule has 15 heavy (non-hydrogen) atoms. The maximum Gasteiger partial charge on any atom is 0.167 e. The second-order valence-electron chi connectivity index (χ2n) is 4.30. The molecule has 1 aromatic carbocycles. The number of hydrogen-bond acceptors (Lipinski definition) is 3. The molecule has 0 amide bonds. The van der Waals surface area contributed by atoms with Crippen LogP contribution < -0.4 is 5.73 Å². The Labute approximate surface area is 88.2 Å². The van der Waals surface area contributed by atoms with E-state index in [1.807, 2.05) is 18.2 Å². The zero-order chi connectivity index (χ0) is 10.3. The summed E-state index contributed by atoms with van der Waals surface area (Å²) >= 11 is 0. The fraction of sp³-hybridized carbons (Fsp3) is 0.417. The van der Waals surface area contributed by atoms with Gasteiger partial charge >= 0.3 is 0 Å². The predicted molar refractivity (Wildman–Crippen MR) is 59.6 cm³/mol. The minimum Gasteiger partial charge on any atom is -0.399 e. The molecule has 3 nitrogen and oxygen atoms in total. The van der Waals surface area contributed by atoms with Gasteiger partial charge in [-0.25, -0.2) is 0 Å². The van der Waals surface area contributed by atoms with E-state index >= 15 is 0 Å². The number of anilines is 1. The van der Waals surface area contributed by atoms with Crippen LogP contribution in [0.2, 0.25) is 0 Å². The zero-order valence-corrected chi connectivity index (χ0v) is 8.57. The third kappa shape index (κ3) is 1.39. The molecule has 0 radical (unpaired) electrons. The SMILES string of the molecule is Nc1ccc2onc(C3CCCC3)c2c1. The van der Waals surface area contributed by atoms with Gasteiger partial charge in [0.25, 0.3) is 0 Å². The van der Waals surface area contributed by atoms with Gasteiger partial charge < -0.3 is 10.3 Å². The Morgan fingerprint density at radius 1 is 1.27 bits per heavy atom. The fourth-order valence-corrected chi connectivity index (χ4v) is 2.47. The number of rotatable bonds is 1. The van der Waals surface area contributed by atoms with Gasteiger partial charge in [-0.05, 0) is 31.0 Å². The van der Waals surface area contributed by atoms with Crippen molar-refractivity contribution in [3.8, 4) is 0 Å². The minimum absolute atomic E-state index is 0.577. The molecule has 1 heterocycles. The molecule has 0 saturated heterocycles. The van der Waals surface area contributed by atoms with Gasteiger partial charge in [0.05, 0.1) is 5.69 Å². The number of aromatic nitrogens is 1. The van der Waals surface area contributed by atoms with Gasteiger partial charge in [0, 0.05) is 17.0 Å². The van der Waals surface area contributed by atoms with Gasteiger partial charge in [-0.2, -0.15) is 0 Å². The lowest BCUT2D eigenvalue weighted by Crippen LogP contribution is -1.93. The number of nitrogen functional groups attached to an aromatic ring is 1. The predicted octanol–water partition coefficient (Wildman–Crippen LogP) is 3.07. The Hall–Kier alpha value is -1.51. The van der Waals surface area contributed by atoms with E-state index in [0.717, 1.165) is 22.4 Å². The Morgan fingerprint density at radius 3 is 2.87 bits per heavy atom. The lowest BCUT2D eigenvalue weighted by molar-refractivity contribution is 0.437. The van der Waals surface area contributed by atoms with Gasteiger partial charge in [-0.15, -0.1) is 0 Å². The molecular weight excluding hydrogens is 188 g/mol. The van der Waals surface area contributed by atoms with Crippen LogP contribution in [0.3, 0.4) is 0 Å². The van der Waals surface area contributed by atoms with Gasteiger partial charge in [0.1, 0.15) is 0 Å². The van der Waals surface area contributed by atoms with E-state index in [2.05, 4.69) is 5.16 Å². The topological polar surface area (TPSA) is 52.0 Å². The van der Waals surface area contributed by atoms with Crippen molar-refractivity contribution in [3.63, 3.8) is 0 Å². The van der Waals surface area contributed by atoms with E-state index in [9.17, 15) is 0 Å². The molecule has 0 spiro atoms. The molecule has 1 aliphatic rings. The maximum atomic E-state index is 5.78. The Morgan fingerprint density at radius 2 is 2.07 bits per heavy atom. The smallest absolute Gasteiger partial charge is 0.167 e. The normalized spacial score (nSPS) is 17.6. The third-order valence-corrected chi connectivity index (χ3v) is 3.26. The van der Waals surface area contributed by atoms with Gasteiger partial charge in [0.2, 0.25) is 0 Å². The van der Waals surface area contributed by atoms with Crippen molar-refractivity contribution in [2.45, 2.75) is 31.6 Å². The molecule has 3 rings (SSSR count). The van der Waals surface area contributed by atoms with Crippen molar-refractivity contribution in [2.75, 3.05) is 5.73 Å². The molecule has 3 heteroatoms. The zero-order valence-electron chi connectivity index (χ0n) is 8.57. The molecule has 2 N–H and O–H groups in total. The summed E-state index contributed by atoms with van der Waals surface area (Å²) in [6.07, 6.45) is 5.08. The second kappa shape index (κ2) is 3.26. The van der Waals surface area contributed by atoms with Crippen LogP contribution in [-0.4, -0.2) is 5.16 Å². The number of nitrogens with zero attached hydrogens (tertiary/aromatic N) is 1. The summed E-state index contributed by atoms with van der Waals surface area (Å²) in [4.78, 5) is 0. The molecule has 0 unspecified atom stereocenters. The lowest BCUT2D eigenvalue weighted by Gasteiger charge is -2.03. The second-order valence-corrected chi connectivity index (χ2v) is 4.30. The van der Waals surface area contributed by atoms with Gasteiger partial charge in [-0.1, -0.05) is 18.0 Å². The van der Waals surface area contributed by atoms with Crippen molar-refractivity contribution < 1.29 is 4.52 Å². The molecule has 0 atom stereocenters. The summed E-state index contributed by atoms with van der Waals surface area (Å²) in [5.41, 5.74) is 8.52. The Kier molecular flexibility index (Phi) is 1.91. The molecule has 78 valence electrons. The van der Waals surface area contributed by atoms with E-state index in [1.54, 1.807) is 0 Å². The quantitative estimate of drug-likeness (QED) is 0.723. The van der Waals surface area contributed by atoms with Crippen molar-refractivity contribution in [3.05, 3.63) is 23.9 Å². The van der Waals surface area contributed by atoms with Crippen LogP contribution in [0.1, 0.15) is 37.3 Å². The molecule has 0 bridgehead atoms. The highest BCUT2D eigenvalue weighted by molar-refractivity contribution is 5.83. The Balaban J connectivity index is 2.13. The summed E-state index contributed by atoms with van der Waals surface area (Å²) in [5, 5.41) is 5.29. The van der Waals surface area contributed by atoms with Crippen molar-refractivity contribution in [2.24, 2.45) is 0 Å². The first-order valence-electron chi connectivity index (χ1n) is 5.49. The molecule has 1 saturated carbocycles. The first kappa shape index (κ1) is 8.77. The van der Waals surface area contributed by atoms with Crippen LogP contribution >= 0.6 is 0 Å². The van der Waals surface area contributed by atoms with E-state index in [4.69, 9.17) is 10.3 Å². The van der Waals surface area contributed by atoms with Crippen LogP contribution in [0.5, 0.6) is 0 Å². The average Bonchev–Trinajstić information content (AvgIpc) is 2.83. The highest BCUT2D eigenvalue weighted by Gasteiger charge is 2.22. The Bertz CT molecular complexity index is 483. The van der Waals surface area contributed by atoms with Crippen molar-refractivity contribution >= 4 is 16.7 Å². The monoisotopic (exact) mass is 202 g/mol. The van der Waals surface area contributed by atoms with Crippen molar-refractivity contribution in [1.29, 1.82) is 0 Å². The number of nitrogens with two attached hydrogens (primary N) is 1. The molecule has 1 aromatic heterocycles. The largest absolute Gasteiger partial charge is 0.399 e. The minimum atomic E-state index is 0.577. The molecule has 1 aliphatic carbocycles. The standard InChI is InChI=1S/C12H14N2O/c13-9-5-6-11-10(7-9)12(14-15-11)8-3-1-2-4-8/h5-8H,1-4,13H2. The highest BCUT2D eigenvalue weighted by atomic mass is 16.5. The first-order valence-corrected chi connectivity index (χ1v) is 5.49. The van der Waals surface area contributed by atoms with Crippen LogP contribution in [0.25, 0.3) is 11.0 Å². The third-order valence-electron chi connectivity index (χ3n) is 3.26. The van der Waals surface area contributed by atoms with Gasteiger partial charge in [-0.3, -0.25) is 0 Å². The van der Waals surface area contributed by atoms with E-state index in [-0.39, 0.29) is 0 Å². The van der Waals surface area contributed by atoms with Crippen LogP contribution in [-0.2, 0) is 0 Å². The number of fused-ring (bicyclic) bond motifs is 1. The van der Waals surface area contributed by atoms with E-state index in [1.165, 1.54) is 25.7 Å². The number of benzene rings is 1. The van der Waals surface area contributed by atoms with Crippen molar-refractivity contribution in [1.82, 2.24) is 5.16 Å². The van der Waals surface area contributed by atoms with E-state index in [0.29, 0.717) is 5.92 Å². The molecule has 1 fully saturated rings. The highest BCUT2D eigenvalue weighted by Crippen LogP contribution is 2.37. The van der Waals surface area contributed by atoms with Crippen LogP contribution in [0, 0.1) is 0 Å². The first-order chi connectivity index (χ1) is 7.34. The molecular formula is C12H14N2O. The fourth-order valence-electron chi connectivity index (χ4n) is 2.47. The summed E-state index contributed by atoms with van der Waals surface area (Å²) in [7, 11) is 0. The van der Waals surface area contributed by atoms with Crippen LogP contribution in [0.4, 0.5) is 5.69 Å². The maximum absolute atomic E-state index is 5.78. The summed E-state index contributed by atoms with van der Waals surface area (Å²) in [6.45, 7) is 0. The number of hydrogen-bond donors (Lipinski definition) is 1. The van der Waals surface area contributed by atoms with Gasteiger partial charge in [0.15, 0.2) is 5.58 Å². The van der Waals surface area contributed by atoms with E-state index < -0.39 is 0 Å². The average molecular weight is 202 g/mol. The summed E-state index contributed by atoms with van der Waals surface area (Å²) in [6, 6.07) is 5.72. The summed E-state index contributed by atoms with van der Waals surface area (Å²) < 4.78 is 5.31. The molecule has 0 aliphatic heterocycles.